The number of hydrogen-bond acceptors (Lipinski definition) is 5. The van der Waals surface area contributed by atoms with Crippen molar-refractivity contribution < 1.29 is 5.11 Å². The summed E-state index contributed by atoms with van der Waals surface area (Å²) in [6.45, 7) is 0. The van der Waals surface area contributed by atoms with E-state index >= 15 is 0 Å². The first-order valence-corrected chi connectivity index (χ1v) is 7.26. The second-order valence-electron chi connectivity index (χ2n) is 4.80. The number of fused-ring (bicyclic) bond motifs is 3. The smallest absolute Gasteiger partial charge is 0.144 e. The van der Waals surface area contributed by atoms with E-state index in [-0.39, 0.29) is 5.75 Å². The van der Waals surface area contributed by atoms with Crippen molar-refractivity contribution in [3.05, 3.63) is 48.8 Å². The van der Waals surface area contributed by atoms with Gasteiger partial charge in [-0.05, 0) is 29.3 Å². The van der Waals surface area contributed by atoms with Gasteiger partial charge in [-0.2, -0.15) is 0 Å². The zero-order valence-electron chi connectivity index (χ0n) is 10.9. The molecule has 0 fully saturated rings. The summed E-state index contributed by atoms with van der Waals surface area (Å²) in [7, 11) is 0. The molecule has 0 spiro atoms. The fraction of sp³-hybridized carbons (Fsp3) is 0. The lowest BCUT2D eigenvalue weighted by Gasteiger charge is -2.02. The number of nitrogens with two attached hydrogens (primary N) is 1. The van der Waals surface area contributed by atoms with Crippen LogP contribution in [0.15, 0.2) is 48.8 Å². The third-order valence-corrected chi connectivity index (χ3v) is 4.62. The molecule has 0 aliphatic heterocycles. The summed E-state index contributed by atoms with van der Waals surface area (Å²) >= 11 is 1.59. The standard InChI is InChI=1S/C16H11N3OS/c17-16-15-14(18-8-19-16)12-5-4-10(7-13(12)21-15)9-2-1-3-11(20)6-9/h1-8,20H,(H2,17,18,19). The quantitative estimate of drug-likeness (QED) is 0.560. The number of nitrogen functional groups attached to an aromatic ring is 1. The highest BCUT2D eigenvalue weighted by molar-refractivity contribution is 7.26. The third-order valence-electron chi connectivity index (χ3n) is 3.46. The monoisotopic (exact) mass is 293 g/mol. The largest absolute Gasteiger partial charge is 0.508 e. The number of nitrogens with zero attached hydrogens (tertiary/aromatic N) is 2. The molecule has 0 aliphatic rings. The zero-order valence-corrected chi connectivity index (χ0v) is 11.8. The zero-order chi connectivity index (χ0) is 14.4. The molecule has 0 saturated carbocycles. The van der Waals surface area contributed by atoms with Gasteiger partial charge in [0.05, 0.1) is 10.2 Å². The fourth-order valence-corrected chi connectivity index (χ4v) is 3.55. The number of thiophene rings is 1. The Morgan fingerprint density at radius 3 is 2.71 bits per heavy atom. The van der Waals surface area contributed by atoms with E-state index in [9.17, 15) is 5.11 Å². The fourth-order valence-electron chi connectivity index (χ4n) is 2.46. The molecule has 5 heteroatoms. The first-order chi connectivity index (χ1) is 10.2. The Morgan fingerprint density at radius 1 is 1.00 bits per heavy atom. The molecule has 0 saturated heterocycles. The van der Waals surface area contributed by atoms with Crippen molar-refractivity contribution in [2.75, 3.05) is 5.73 Å². The molecule has 102 valence electrons. The molecule has 4 rings (SSSR count). The van der Waals surface area contributed by atoms with Crippen LogP contribution in [0.4, 0.5) is 5.82 Å². The SMILES string of the molecule is Nc1ncnc2c1sc1cc(-c3cccc(O)c3)ccc12. The third kappa shape index (κ3) is 1.90. The van der Waals surface area contributed by atoms with E-state index in [0.717, 1.165) is 31.4 Å². The molecule has 0 bridgehead atoms. The minimum atomic E-state index is 0.263. The molecule has 2 aromatic heterocycles. The van der Waals surface area contributed by atoms with Crippen molar-refractivity contribution in [1.82, 2.24) is 9.97 Å². The molecule has 4 aromatic rings. The van der Waals surface area contributed by atoms with Gasteiger partial charge in [-0.15, -0.1) is 11.3 Å². The van der Waals surface area contributed by atoms with Gasteiger partial charge < -0.3 is 10.8 Å². The van der Waals surface area contributed by atoms with Gasteiger partial charge in [-0.25, -0.2) is 9.97 Å². The average molecular weight is 293 g/mol. The highest BCUT2D eigenvalue weighted by Crippen LogP contribution is 2.37. The minimum Gasteiger partial charge on any atom is -0.508 e. The van der Waals surface area contributed by atoms with Gasteiger partial charge >= 0.3 is 0 Å². The van der Waals surface area contributed by atoms with Crippen LogP contribution in [0.5, 0.6) is 5.75 Å². The molecule has 0 radical (unpaired) electrons. The number of rotatable bonds is 1. The first kappa shape index (κ1) is 12.1. The summed E-state index contributed by atoms with van der Waals surface area (Å²) in [5.41, 5.74) is 8.84. The van der Waals surface area contributed by atoms with Crippen LogP contribution < -0.4 is 5.73 Å². The van der Waals surface area contributed by atoms with Crippen LogP contribution in [0.25, 0.3) is 31.4 Å². The van der Waals surface area contributed by atoms with Gasteiger partial charge in [0, 0.05) is 10.1 Å². The predicted molar refractivity (Wildman–Crippen MR) is 86.4 cm³/mol. The minimum absolute atomic E-state index is 0.263. The van der Waals surface area contributed by atoms with E-state index in [0.29, 0.717) is 5.82 Å². The highest BCUT2D eigenvalue weighted by atomic mass is 32.1. The maximum Gasteiger partial charge on any atom is 0.144 e. The summed E-state index contributed by atoms with van der Waals surface area (Å²) in [5, 5.41) is 10.7. The number of phenols is 1. The van der Waals surface area contributed by atoms with E-state index in [2.05, 4.69) is 16.0 Å². The van der Waals surface area contributed by atoms with E-state index in [1.165, 1.54) is 6.33 Å². The Morgan fingerprint density at radius 2 is 1.86 bits per heavy atom. The number of benzene rings is 2. The number of hydrogen-bond donors (Lipinski definition) is 2. The van der Waals surface area contributed by atoms with Crippen LogP contribution in [0.1, 0.15) is 0 Å². The van der Waals surface area contributed by atoms with Gasteiger partial charge in [-0.3, -0.25) is 0 Å². The number of phenolic OH excluding ortho intramolecular Hbond substituents is 1. The molecule has 0 amide bonds. The Hall–Kier alpha value is -2.66. The second kappa shape index (κ2) is 4.43. The lowest BCUT2D eigenvalue weighted by atomic mass is 10.0. The van der Waals surface area contributed by atoms with Gasteiger partial charge in [-0.1, -0.05) is 24.3 Å². The van der Waals surface area contributed by atoms with Crippen molar-refractivity contribution >= 4 is 37.5 Å². The Balaban J connectivity index is 1.98. The molecule has 21 heavy (non-hydrogen) atoms. The maximum absolute atomic E-state index is 9.61. The summed E-state index contributed by atoms with van der Waals surface area (Å²) < 4.78 is 2.03. The van der Waals surface area contributed by atoms with Crippen molar-refractivity contribution in [1.29, 1.82) is 0 Å². The van der Waals surface area contributed by atoms with Gasteiger partial charge in [0.25, 0.3) is 0 Å². The lowest BCUT2D eigenvalue weighted by molar-refractivity contribution is 0.475. The van der Waals surface area contributed by atoms with Gasteiger partial charge in [0.2, 0.25) is 0 Å². The van der Waals surface area contributed by atoms with Crippen LogP contribution in [-0.4, -0.2) is 15.1 Å². The lowest BCUT2D eigenvalue weighted by Crippen LogP contribution is -1.89. The molecule has 0 unspecified atom stereocenters. The molecule has 2 heterocycles. The van der Waals surface area contributed by atoms with Crippen LogP contribution >= 0.6 is 11.3 Å². The summed E-state index contributed by atoms with van der Waals surface area (Å²) in [6.07, 6.45) is 1.49. The van der Waals surface area contributed by atoms with Crippen LogP contribution in [0.3, 0.4) is 0 Å². The number of anilines is 1. The molecule has 0 aliphatic carbocycles. The Kier molecular flexibility index (Phi) is 2.55. The van der Waals surface area contributed by atoms with Crippen LogP contribution in [0.2, 0.25) is 0 Å². The van der Waals surface area contributed by atoms with Crippen molar-refractivity contribution in [3.63, 3.8) is 0 Å². The van der Waals surface area contributed by atoms with Crippen molar-refractivity contribution in [2.24, 2.45) is 0 Å². The topological polar surface area (TPSA) is 72.0 Å². The molecule has 0 atom stereocenters. The van der Waals surface area contributed by atoms with Crippen LogP contribution in [-0.2, 0) is 0 Å². The number of aromatic nitrogens is 2. The molecule has 4 nitrogen and oxygen atoms in total. The molecular formula is C16H11N3OS. The van der Waals surface area contributed by atoms with E-state index in [1.54, 1.807) is 23.5 Å². The van der Waals surface area contributed by atoms with Crippen LogP contribution in [0, 0.1) is 0 Å². The summed E-state index contributed by atoms with van der Waals surface area (Å²) in [5.74, 6) is 0.777. The normalized spacial score (nSPS) is 11.2. The van der Waals surface area contributed by atoms with E-state index in [1.807, 2.05) is 24.3 Å². The predicted octanol–water partition coefficient (Wildman–Crippen LogP) is 3.80. The average Bonchev–Trinajstić information content (AvgIpc) is 2.87. The molecule has 2 aromatic carbocycles. The van der Waals surface area contributed by atoms with Gasteiger partial charge in [0.1, 0.15) is 17.9 Å². The van der Waals surface area contributed by atoms with Crippen molar-refractivity contribution in [2.45, 2.75) is 0 Å². The Bertz CT molecular complexity index is 978. The molecule has 3 N–H and O–H groups in total. The maximum atomic E-state index is 9.61. The summed E-state index contributed by atoms with van der Waals surface area (Å²) in [4.78, 5) is 8.36. The first-order valence-electron chi connectivity index (χ1n) is 6.44. The highest BCUT2D eigenvalue weighted by Gasteiger charge is 2.10. The molecular weight excluding hydrogens is 282 g/mol. The van der Waals surface area contributed by atoms with E-state index in [4.69, 9.17) is 5.73 Å². The number of aromatic hydroxyl groups is 1. The van der Waals surface area contributed by atoms with Gasteiger partial charge in [0.15, 0.2) is 0 Å². The van der Waals surface area contributed by atoms with E-state index < -0.39 is 0 Å². The van der Waals surface area contributed by atoms with Crippen molar-refractivity contribution in [3.8, 4) is 16.9 Å². The second-order valence-corrected chi connectivity index (χ2v) is 5.85. The Labute approximate surface area is 124 Å². The summed E-state index contributed by atoms with van der Waals surface area (Å²) in [6, 6.07) is 13.4.